The van der Waals surface area contributed by atoms with Crippen molar-refractivity contribution in [2.75, 3.05) is 13.1 Å². The molecule has 6 heteroatoms. The molecule has 18 heavy (non-hydrogen) atoms. The van der Waals surface area contributed by atoms with Gasteiger partial charge in [-0.3, -0.25) is 4.79 Å². The van der Waals surface area contributed by atoms with Crippen LogP contribution in [0.3, 0.4) is 0 Å². The Balaban J connectivity index is 1.76. The number of carboxylic acid groups (broad SMARTS) is 1. The van der Waals surface area contributed by atoms with Crippen molar-refractivity contribution in [3.05, 3.63) is 28.8 Å². The molecule has 2 aromatic rings. The Hall–Kier alpha value is -1.66. The molecule has 2 N–H and O–H groups in total. The minimum Gasteiger partial charge on any atom is -0.481 e. The number of carbonyl (C=O) groups is 1. The van der Waals surface area contributed by atoms with Crippen LogP contribution in [0.15, 0.2) is 28.2 Å². The molecule has 0 atom stereocenters. The van der Waals surface area contributed by atoms with Crippen molar-refractivity contribution in [3.8, 4) is 11.5 Å². The van der Waals surface area contributed by atoms with Crippen molar-refractivity contribution in [3.63, 3.8) is 0 Å². The third-order valence-electron chi connectivity index (χ3n) is 2.36. The van der Waals surface area contributed by atoms with E-state index in [0.717, 1.165) is 29.4 Å². The van der Waals surface area contributed by atoms with Gasteiger partial charge in [0.2, 0.25) is 0 Å². The van der Waals surface area contributed by atoms with Gasteiger partial charge in [-0.15, -0.1) is 11.3 Å². The Morgan fingerprint density at radius 3 is 3.11 bits per heavy atom. The normalized spacial score (nSPS) is 10.7. The van der Waals surface area contributed by atoms with E-state index in [2.05, 4.69) is 10.3 Å². The number of nitrogens with one attached hydrogen (secondary N) is 1. The SMILES string of the molecule is O=C(O)CCNCCc1nc(-c2ccco2)cs1. The lowest BCUT2D eigenvalue weighted by Gasteiger charge is -1.99. The number of aliphatic carboxylic acids is 1. The molecule has 0 saturated carbocycles. The lowest BCUT2D eigenvalue weighted by atomic mass is 10.3. The second kappa shape index (κ2) is 6.32. The number of hydrogen-bond donors (Lipinski definition) is 2. The predicted octanol–water partition coefficient (Wildman–Crippen LogP) is 2.01. The largest absolute Gasteiger partial charge is 0.481 e. The van der Waals surface area contributed by atoms with Crippen LogP contribution in [0.1, 0.15) is 11.4 Å². The Morgan fingerprint density at radius 1 is 1.50 bits per heavy atom. The number of aromatic nitrogens is 1. The second-order valence-electron chi connectivity index (χ2n) is 3.75. The number of nitrogens with zero attached hydrogens (tertiary/aromatic N) is 1. The Labute approximate surface area is 108 Å². The third-order valence-corrected chi connectivity index (χ3v) is 3.27. The van der Waals surface area contributed by atoms with Crippen molar-refractivity contribution in [2.24, 2.45) is 0 Å². The summed E-state index contributed by atoms with van der Waals surface area (Å²) in [5.41, 5.74) is 0.852. The lowest BCUT2D eigenvalue weighted by molar-refractivity contribution is -0.136. The first-order valence-electron chi connectivity index (χ1n) is 5.66. The Morgan fingerprint density at radius 2 is 2.39 bits per heavy atom. The maximum atomic E-state index is 10.3. The molecule has 0 aliphatic carbocycles. The van der Waals surface area contributed by atoms with Crippen molar-refractivity contribution >= 4 is 17.3 Å². The van der Waals surface area contributed by atoms with E-state index in [1.165, 1.54) is 0 Å². The highest BCUT2D eigenvalue weighted by Gasteiger charge is 2.06. The molecule has 2 rings (SSSR count). The summed E-state index contributed by atoms with van der Waals surface area (Å²) in [6.07, 6.45) is 2.57. The molecule has 0 amide bonds. The van der Waals surface area contributed by atoms with Gasteiger partial charge in [-0.2, -0.15) is 0 Å². The van der Waals surface area contributed by atoms with Crippen molar-refractivity contribution in [2.45, 2.75) is 12.8 Å². The molecule has 0 aliphatic rings. The number of hydrogen-bond acceptors (Lipinski definition) is 5. The van der Waals surface area contributed by atoms with Gasteiger partial charge >= 0.3 is 5.97 Å². The van der Waals surface area contributed by atoms with Gasteiger partial charge in [0.25, 0.3) is 0 Å². The van der Waals surface area contributed by atoms with Crippen LogP contribution in [-0.2, 0) is 11.2 Å². The summed E-state index contributed by atoms with van der Waals surface area (Å²) < 4.78 is 5.27. The standard InChI is InChI=1S/C12H14N2O3S/c15-12(16)4-6-13-5-3-11-14-9(8-18-11)10-2-1-7-17-10/h1-2,7-8,13H,3-6H2,(H,15,16). The molecule has 96 valence electrons. The lowest BCUT2D eigenvalue weighted by Crippen LogP contribution is -2.20. The van der Waals surface area contributed by atoms with Crippen LogP contribution in [0, 0.1) is 0 Å². The zero-order valence-corrected chi connectivity index (χ0v) is 10.6. The van der Waals surface area contributed by atoms with Gasteiger partial charge in [0.05, 0.1) is 17.7 Å². The first kappa shape index (κ1) is 12.8. The number of rotatable bonds is 7. The quantitative estimate of drug-likeness (QED) is 0.750. The van der Waals surface area contributed by atoms with Crippen molar-refractivity contribution in [1.82, 2.24) is 10.3 Å². The van der Waals surface area contributed by atoms with E-state index in [1.54, 1.807) is 17.6 Å². The highest BCUT2D eigenvalue weighted by Crippen LogP contribution is 2.22. The zero-order valence-electron chi connectivity index (χ0n) is 9.76. The van der Waals surface area contributed by atoms with Crippen LogP contribution in [0.5, 0.6) is 0 Å². The van der Waals surface area contributed by atoms with Gasteiger partial charge in [0.15, 0.2) is 5.76 Å². The predicted molar refractivity (Wildman–Crippen MR) is 68.6 cm³/mol. The average molecular weight is 266 g/mol. The fraction of sp³-hybridized carbons (Fsp3) is 0.333. The molecular weight excluding hydrogens is 252 g/mol. The smallest absolute Gasteiger partial charge is 0.304 e. The van der Waals surface area contributed by atoms with Crippen LogP contribution in [0.4, 0.5) is 0 Å². The highest BCUT2D eigenvalue weighted by atomic mass is 32.1. The van der Waals surface area contributed by atoms with Gasteiger partial charge in [-0.05, 0) is 12.1 Å². The van der Waals surface area contributed by atoms with E-state index < -0.39 is 5.97 Å². The molecule has 5 nitrogen and oxygen atoms in total. The van der Waals surface area contributed by atoms with Crippen LogP contribution < -0.4 is 5.32 Å². The molecular formula is C12H14N2O3S. The first-order chi connectivity index (χ1) is 8.75. The number of thiazole rings is 1. The fourth-order valence-electron chi connectivity index (χ4n) is 1.48. The summed E-state index contributed by atoms with van der Waals surface area (Å²) in [7, 11) is 0. The summed E-state index contributed by atoms with van der Waals surface area (Å²) in [5.74, 6) is -0.00631. The minimum atomic E-state index is -0.781. The molecule has 0 fully saturated rings. The molecule has 0 spiro atoms. The third kappa shape index (κ3) is 3.68. The molecule has 0 bridgehead atoms. The van der Waals surface area contributed by atoms with Gasteiger partial charge in [-0.25, -0.2) is 4.98 Å². The van der Waals surface area contributed by atoms with E-state index in [-0.39, 0.29) is 6.42 Å². The van der Waals surface area contributed by atoms with Gasteiger partial charge in [-0.1, -0.05) is 0 Å². The topological polar surface area (TPSA) is 75.4 Å². The molecule has 0 radical (unpaired) electrons. The van der Waals surface area contributed by atoms with E-state index in [1.807, 2.05) is 17.5 Å². The molecule has 0 aromatic carbocycles. The number of carboxylic acids is 1. The zero-order chi connectivity index (χ0) is 12.8. The maximum absolute atomic E-state index is 10.3. The van der Waals surface area contributed by atoms with Crippen LogP contribution >= 0.6 is 11.3 Å². The van der Waals surface area contributed by atoms with E-state index in [4.69, 9.17) is 9.52 Å². The van der Waals surface area contributed by atoms with Gasteiger partial charge < -0.3 is 14.8 Å². The average Bonchev–Trinajstić information content (AvgIpc) is 2.98. The van der Waals surface area contributed by atoms with Gasteiger partial charge in [0, 0.05) is 24.9 Å². The van der Waals surface area contributed by atoms with Crippen LogP contribution in [0.2, 0.25) is 0 Å². The summed E-state index contributed by atoms with van der Waals surface area (Å²) in [6, 6.07) is 3.71. The molecule has 0 unspecified atom stereocenters. The summed E-state index contributed by atoms with van der Waals surface area (Å²) >= 11 is 1.58. The monoisotopic (exact) mass is 266 g/mol. The highest BCUT2D eigenvalue weighted by molar-refractivity contribution is 7.09. The molecule has 2 heterocycles. The molecule has 2 aromatic heterocycles. The summed E-state index contributed by atoms with van der Waals surface area (Å²) in [5, 5.41) is 14.5. The summed E-state index contributed by atoms with van der Waals surface area (Å²) in [6.45, 7) is 1.23. The Kier molecular flexibility index (Phi) is 4.49. The van der Waals surface area contributed by atoms with Crippen molar-refractivity contribution < 1.29 is 14.3 Å². The van der Waals surface area contributed by atoms with Crippen molar-refractivity contribution in [1.29, 1.82) is 0 Å². The van der Waals surface area contributed by atoms with E-state index >= 15 is 0 Å². The molecule has 0 aliphatic heterocycles. The first-order valence-corrected chi connectivity index (χ1v) is 6.54. The minimum absolute atomic E-state index is 0.148. The number of furan rings is 1. The van der Waals surface area contributed by atoms with E-state index in [0.29, 0.717) is 6.54 Å². The van der Waals surface area contributed by atoms with E-state index in [9.17, 15) is 4.79 Å². The van der Waals surface area contributed by atoms with Gasteiger partial charge in [0.1, 0.15) is 5.69 Å². The Bertz CT molecular complexity index is 493. The second-order valence-corrected chi connectivity index (χ2v) is 4.69. The molecule has 0 saturated heterocycles. The fourth-order valence-corrected chi connectivity index (χ4v) is 2.27. The van der Waals surface area contributed by atoms with Crippen LogP contribution in [-0.4, -0.2) is 29.1 Å². The summed E-state index contributed by atoms with van der Waals surface area (Å²) in [4.78, 5) is 14.8. The maximum Gasteiger partial charge on any atom is 0.304 e. The van der Waals surface area contributed by atoms with Crippen LogP contribution in [0.25, 0.3) is 11.5 Å².